The molecule has 0 radical (unpaired) electrons. The number of halogens is 1. The third-order valence-electron chi connectivity index (χ3n) is 4.73. The Labute approximate surface area is 150 Å². The van der Waals surface area contributed by atoms with E-state index in [9.17, 15) is 0 Å². The first kappa shape index (κ1) is 14.5. The fourth-order valence-electron chi connectivity index (χ4n) is 3.51. The summed E-state index contributed by atoms with van der Waals surface area (Å²) in [5, 5.41) is 5.16. The quantitative estimate of drug-likeness (QED) is 0.499. The van der Waals surface area contributed by atoms with Crippen LogP contribution >= 0.6 is 11.6 Å². The molecule has 122 valence electrons. The third-order valence-corrected chi connectivity index (χ3v) is 5.01. The Hall–Kier alpha value is -2.85. The summed E-state index contributed by atoms with van der Waals surface area (Å²) < 4.78 is 2.18. The Morgan fingerprint density at radius 3 is 2.68 bits per heavy atom. The molecule has 0 spiro atoms. The molecule has 4 aromatic rings. The highest BCUT2D eigenvalue weighted by atomic mass is 35.5. The monoisotopic (exact) mass is 346 g/mol. The summed E-state index contributed by atoms with van der Waals surface area (Å²) in [6, 6.07) is 19.1. The average Bonchev–Trinajstić information content (AvgIpc) is 3.02. The maximum absolute atomic E-state index is 6.38. The zero-order valence-corrected chi connectivity index (χ0v) is 14.3. The molecule has 0 fully saturated rings. The van der Waals surface area contributed by atoms with Crippen LogP contribution < -0.4 is 5.32 Å². The second-order valence-electron chi connectivity index (χ2n) is 6.31. The number of benzene rings is 2. The van der Waals surface area contributed by atoms with Gasteiger partial charge in [-0.05, 0) is 24.6 Å². The molecule has 1 N–H and O–H groups in total. The van der Waals surface area contributed by atoms with Crippen LogP contribution in [-0.4, -0.2) is 14.5 Å². The van der Waals surface area contributed by atoms with E-state index in [0.717, 1.165) is 22.7 Å². The van der Waals surface area contributed by atoms with Gasteiger partial charge in [0.05, 0.1) is 17.3 Å². The molecule has 0 saturated carbocycles. The third kappa shape index (κ3) is 2.14. The van der Waals surface area contributed by atoms with Gasteiger partial charge >= 0.3 is 0 Å². The highest BCUT2D eigenvalue weighted by molar-refractivity contribution is 6.32. The lowest BCUT2D eigenvalue weighted by Gasteiger charge is -2.29. The zero-order valence-electron chi connectivity index (χ0n) is 13.6. The normalized spacial score (nSPS) is 15.5. The van der Waals surface area contributed by atoms with Crippen LogP contribution in [0.15, 0.2) is 60.9 Å². The van der Waals surface area contributed by atoms with Crippen molar-refractivity contribution in [2.45, 2.75) is 13.0 Å². The van der Waals surface area contributed by atoms with Crippen molar-refractivity contribution in [2.75, 3.05) is 5.32 Å². The summed E-state index contributed by atoms with van der Waals surface area (Å²) in [5.74, 6) is 0.791. The van der Waals surface area contributed by atoms with Crippen molar-refractivity contribution in [3.63, 3.8) is 0 Å². The number of anilines is 1. The number of fused-ring (bicyclic) bond motifs is 5. The van der Waals surface area contributed by atoms with Gasteiger partial charge < -0.3 is 5.32 Å². The summed E-state index contributed by atoms with van der Waals surface area (Å²) in [7, 11) is 0. The van der Waals surface area contributed by atoms with Crippen molar-refractivity contribution in [1.82, 2.24) is 14.5 Å². The lowest BCUT2D eigenvalue weighted by molar-refractivity contribution is 0.798. The van der Waals surface area contributed by atoms with Crippen molar-refractivity contribution in [2.24, 2.45) is 0 Å². The number of hydrogen-bond acceptors (Lipinski definition) is 3. The fraction of sp³-hybridized carbons (Fsp3) is 0.100. The minimum Gasteiger partial charge on any atom is -0.367 e. The lowest BCUT2D eigenvalue weighted by Crippen LogP contribution is -2.23. The highest BCUT2D eigenvalue weighted by Crippen LogP contribution is 2.41. The fourth-order valence-corrected chi connectivity index (χ4v) is 3.69. The highest BCUT2D eigenvalue weighted by Gasteiger charge is 2.29. The minimum atomic E-state index is -0.0102. The van der Waals surface area contributed by atoms with Crippen molar-refractivity contribution in [1.29, 1.82) is 0 Å². The molecule has 2 aromatic heterocycles. The Balaban J connectivity index is 1.83. The molecular formula is C20H15ClN4. The van der Waals surface area contributed by atoms with Gasteiger partial charge in [0.15, 0.2) is 11.0 Å². The standard InChI is InChI=1S/C20H15ClN4/c1-12-6-8-13(9-7-12)17-16-10-14-4-2-3-5-15(14)25(16)20-18(24-17)19(21)22-11-23-20/h2-11,17,24H,1H3. The Morgan fingerprint density at radius 1 is 1.04 bits per heavy atom. The molecule has 4 nitrogen and oxygen atoms in total. The first-order valence-electron chi connectivity index (χ1n) is 8.17. The van der Waals surface area contributed by atoms with E-state index in [1.165, 1.54) is 22.8 Å². The van der Waals surface area contributed by atoms with Gasteiger partial charge in [-0.25, -0.2) is 9.97 Å². The van der Waals surface area contributed by atoms with Gasteiger partial charge in [0, 0.05) is 5.39 Å². The number of nitrogens with zero attached hydrogens (tertiary/aromatic N) is 3. The predicted octanol–water partition coefficient (Wildman–Crippen LogP) is 4.90. The Morgan fingerprint density at radius 2 is 1.84 bits per heavy atom. The number of rotatable bonds is 1. The van der Waals surface area contributed by atoms with Gasteiger partial charge in [-0.3, -0.25) is 4.57 Å². The van der Waals surface area contributed by atoms with Crippen LogP contribution in [0.1, 0.15) is 22.9 Å². The molecule has 1 unspecified atom stereocenters. The molecule has 5 heteroatoms. The van der Waals surface area contributed by atoms with Gasteiger partial charge in [0.25, 0.3) is 0 Å². The zero-order chi connectivity index (χ0) is 17.0. The largest absolute Gasteiger partial charge is 0.367 e. The van der Waals surface area contributed by atoms with Crippen LogP contribution in [0, 0.1) is 6.92 Å². The SMILES string of the molecule is Cc1ccc(C2Nc3c(Cl)ncnc3-n3c2cc2ccccc23)cc1. The maximum atomic E-state index is 6.38. The molecule has 25 heavy (non-hydrogen) atoms. The molecule has 2 aromatic carbocycles. The number of hydrogen-bond donors (Lipinski definition) is 1. The maximum Gasteiger partial charge on any atom is 0.165 e. The molecule has 0 aliphatic carbocycles. The van der Waals surface area contributed by atoms with Crippen LogP contribution in [0.2, 0.25) is 5.15 Å². The Bertz CT molecular complexity index is 1100. The number of para-hydroxylation sites is 1. The van der Waals surface area contributed by atoms with Crippen molar-refractivity contribution >= 4 is 28.2 Å². The van der Waals surface area contributed by atoms with E-state index in [-0.39, 0.29) is 6.04 Å². The summed E-state index contributed by atoms with van der Waals surface area (Å²) in [5.41, 5.74) is 5.45. The van der Waals surface area contributed by atoms with Gasteiger partial charge in [-0.1, -0.05) is 59.6 Å². The van der Waals surface area contributed by atoms with E-state index in [2.05, 4.69) is 75.3 Å². The molecule has 0 bridgehead atoms. The smallest absolute Gasteiger partial charge is 0.165 e. The first-order chi connectivity index (χ1) is 12.2. The predicted molar refractivity (Wildman–Crippen MR) is 101 cm³/mol. The van der Waals surface area contributed by atoms with Crippen molar-refractivity contribution in [3.8, 4) is 5.82 Å². The summed E-state index contributed by atoms with van der Waals surface area (Å²) in [6.45, 7) is 2.09. The lowest BCUT2D eigenvalue weighted by atomic mass is 10.0. The Kier molecular flexibility index (Phi) is 3.09. The molecule has 5 rings (SSSR count). The van der Waals surface area contributed by atoms with Crippen LogP contribution in [0.3, 0.4) is 0 Å². The van der Waals surface area contributed by atoms with Gasteiger partial charge in [0.2, 0.25) is 0 Å². The second kappa shape index (κ2) is 5.33. The molecule has 0 amide bonds. The second-order valence-corrected chi connectivity index (χ2v) is 6.67. The van der Waals surface area contributed by atoms with E-state index in [1.54, 1.807) is 0 Å². The van der Waals surface area contributed by atoms with Crippen molar-refractivity contribution in [3.05, 3.63) is 82.9 Å². The summed E-state index contributed by atoms with van der Waals surface area (Å²) in [4.78, 5) is 8.64. The number of nitrogens with one attached hydrogen (secondary N) is 1. The van der Waals surface area contributed by atoms with E-state index in [0.29, 0.717) is 5.15 Å². The molecule has 1 aliphatic rings. The summed E-state index contributed by atoms with van der Waals surface area (Å²) >= 11 is 6.38. The molecule has 0 saturated heterocycles. The topological polar surface area (TPSA) is 42.7 Å². The van der Waals surface area contributed by atoms with Gasteiger partial charge in [-0.15, -0.1) is 0 Å². The van der Waals surface area contributed by atoms with Gasteiger partial charge in [0.1, 0.15) is 12.0 Å². The van der Waals surface area contributed by atoms with Gasteiger partial charge in [-0.2, -0.15) is 0 Å². The van der Waals surface area contributed by atoms with E-state index < -0.39 is 0 Å². The molecular weight excluding hydrogens is 332 g/mol. The first-order valence-corrected chi connectivity index (χ1v) is 8.54. The number of aromatic nitrogens is 3. The summed E-state index contributed by atoms with van der Waals surface area (Å²) in [6.07, 6.45) is 1.51. The molecule has 3 heterocycles. The van der Waals surface area contributed by atoms with Crippen molar-refractivity contribution < 1.29 is 0 Å². The van der Waals surface area contributed by atoms with Crippen LogP contribution in [0.5, 0.6) is 0 Å². The van der Waals surface area contributed by atoms with Crippen LogP contribution in [0.4, 0.5) is 5.69 Å². The van der Waals surface area contributed by atoms with Crippen LogP contribution in [-0.2, 0) is 0 Å². The minimum absolute atomic E-state index is 0.0102. The van der Waals surface area contributed by atoms with Crippen LogP contribution in [0.25, 0.3) is 16.7 Å². The van der Waals surface area contributed by atoms with E-state index in [4.69, 9.17) is 11.6 Å². The molecule has 1 aliphatic heterocycles. The average molecular weight is 347 g/mol. The van der Waals surface area contributed by atoms with E-state index >= 15 is 0 Å². The number of aryl methyl sites for hydroxylation is 1. The molecule has 1 atom stereocenters. The van der Waals surface area contributed by atoms with E-state index in [1.807, 2.05) is 6.07 Å².